The topological polar surface area (TPSA) is 40.6 Å². The molecule has 0 aromatic carbocycles. The van der Waals surface area contributed by atoms with Gasteiger partial charge in [0.1, 0.15) is 0 Å². The molecule has 0 aromatic rings. The van der Waals surface area contributed by atoms with Gasteiger partial charge in [0.15, 0.2) is 5.67 Å². The lowest BCUT2D eigenvalue weighted by atomic mass is 9.81. The van der Waals surface area contributed by atoms with Crippen molar-refractivity contribution >= 4 is 11.8 Å². The van der Waals surface area contributed by atoms with E-state index in [2.05, 4.69) is 0 Å². The fourth-order valence-electron chi connectivity index (χ4n) is 3.35. The summed E-state index contributed by atoms with van der Waals surface area (Å²) >= 11 is 0. The zero-order valence-corrected chi connectivity index (χ0v) is 10.7. The number of hydrogen-bond acceptors (Lipinski definition) is 2. The van der Waals surface area contributed by atoms with Crippen LogP contribution >= 0.6 is 0 Å². The van der Waals surface area contributed by atoms with Gasteiger partial charge in [-0.3, -0.25) is 9.59 Å². The van der Waals surface area contributed by atoms with Gasteiger partial charge in [-0.2, -0.15) is 0 Å². The molecule has 3 rings (SSSR count). The summed E-state index contributed by atoms with van der Waals surface area (Å²) in [6, 6.07) is 0. The minimum Gasteiger partial charge on any atom is -0.345 e. The number of rotatable bonds is 1. The molecule has 2 heterocycles. The standard InChI is InChI=1S/C13H19FN2O2/c1-15-6-3-9-7-16(8-10(9)11(15)17)12(18)13(14)4-2-5-13/h9-10H,2-8H2,1H3. The first-order valence-corrected chi connectivity index (χ1v) is 6.74. The summed E-state index contributed by atoms with van der Waals surface area (Å²) in [6.07, 6.45) is 2.43. The Morgan fingerprint density at radius 2 is 2.11 bits per heavy atom. The van der Waals surface area contributed by atoms with E-state index in [-0.39, 0.29) is 23.7 Å². The third-order valence-corrected chi connectivity index (χ3v) is 4.79. The van der Waals surface area contributed by atoms with Crippen molar-refractivity contribution in [1.29, 1.82) is 0 Å². The molecule has 0 bridgehead atoms. The highest BCUT2D eigenvalue weighted by atomic mass is 19.1. The number of fused-ring (bicyclic) bond motifs is 1. The number of likely N-dealkylation sites (tertiary alicyclic amines) is 2. The van der Waals surface area contributed by atoms with E-state index >= 15 is 0 Å². The van der Waals surface area contributed by atoms with Crippen molar-refractivity contribution in [1.82, 2.24) is 9.80 Å². The van der Waals surface area contributed by atoms with Crippen LogP contribution in [0, 0.1) is 11.8 Å². The predicted molar refractivity (Wildman–Crippen MR) is 63.5 cm³/mol. The number of hydrogen-bond donors (Lipinski definition) is 0. The molecule has 2 aliphatic heterocycles. The molecule has 18 heavy (non-hydrogen) atoms. The van der Waals surface area contributed by atoms with Crippen molar-refractivity contribution in [3.8, 4) is 0 Å². The van der Waals surface area contributed by atoms with Gasteiger partial charge >= 0.3 is 0 Å². The van der Waals surface area contributed by atoms with Crippen LogP contribution in [0.1, 0.15) is 25.7 Å². The molecule has 3 aliphatic rings. The Bertz CT molecular complexity index is 394. The first kappa shape index (κ1) is 11.9. The van der Waals surface area contributed by atoms with Gasteiger partial charge in [-0.05, 0) is 31.6 Å². The Hall–Kier alpha value is -1.13. The van der Waals surface area contributed by atoms with E-state index in [1.165, 1.54) is 0 Å². The van der Waals surface area contributed by atoms with Crippen LogP contribution in [0.25, 0.3) is 0 Å². The van der Waals surface area contributed by atoms with Gasteiger partial charge in [0.05, 0.1) is 5.92 Å². The Morgan fingerprint density at radius 1 is 1.39 bits per heavy atom. The van der Waals surface area contributed by atoms with Crippen molar-refractivity contribution in [2.24, 2.45) is 11.8 Å². The predicted octanol–water partition coefficient (Wildman–Crippen LogP) is 0.815. The van der Waals surface area contributed by atoms with E-state index in [9.17, 15) is 14.0 Å². The van der Waals surface area contributed by atoms with Crippen molar-refractivity contribution in [2.45, 2.75) is 31.4 Å². The lowest BCUT2D eigenvalue weighted by molar-refractivity contribution is -0.149. The maximum absolute atomic E-state index is 14.1. The summed E-state index contributed by atoms with van der Waals surface area (Å²) in [5.74, 6) is -0.126. The largest absolute Gasteiger partial charge is 0.345 e. The van der Waals surface area contributed by atoms with E-state index in [1.54, 1.807) is 16.8 Å². The molecule has 0 N–H and O–H groups in total. The fourth-order valence-corrected chi connectivity index (χ4v) is 3.35. The Labute approximate surface area is 106 Å². The maximum atomic E-state index is 14.1. The summed E-state index contributed by atoms with van der Waals surface area (Å²) in [7, 11) is 1.80. The van der Waals surface area contributed by atoms with E-state index < -0.39 is 5.67 Å². The Kier molecular flexibility index (Phi) is 2.61. The molecule has 1 aliphatic carbocycles. The molecule has 0 radical (unpaired) electrons. The third kappa shape index (κ3) is 1.63. The summed E-state index contributed by atoms with van der Waals surface area (Å²) < 4.78 is 14.1. The first-order valence-electron chi connectivity index (χ1n) is 6.74. The molecule has 2 amide bonds. The summed E-state index contributed by atoms with van der Waals surface area (Å²) in [5.41, 5.74) is -1.62. The second-order valence-electron chi connectivity index (χ2n) is 5.94. The zero-order chi connectivity index (χ0) is 12.9. The average molecular weight is 254 g/mol. The Morgan fingerprint density at radius 3 is 2.72 bits per heavy atom. The van der Waals surface area contributed by atoms with E-state index in [4.69, 9.17) is 0 Å². The lowest BCUT2D eigenvalue weighted by Gasteiger charge is -2.35. The summed E-state index contributed by atoms with van der Waals surface area (Å²) in [6.45, 7) is 1.73. The molecule has 0 aromatic heterocycles. The van der Waals surface area contributed by atoms with E-state index in [0.717, 1.165) is 19.4 Å². The van der Waals surface area contributed by atoms with Gasteiger partial charge in [-0.25, -0.2) is 4.39 Å². The molecule has 0 spiro atoms. The highest BCUT2D eigenvalue weighted by molar-refractivity contribution is 5.88. The second-order valence-corrected chi connectivity index (χ2v) is 5.94. The van der Waals surface area contributed by atoms with Gasteiger partial charge in [-0.1, -0.05) is 0 Å². The summed E-state index contributed by atoms with van der Waals surface area (Å²) in [4.78, 5) is 27.4. The van der Waals surface area contributed by atoms with Crippen LogP contribution in [0.5, 0.6) is 0 Å². The second kappa shape index (κ2) is 3.93. The van der Waals surface area contributed by atoms with Gasteiger partial charge in [0, 0.05) is 26.7 Å². The molecule has 1 saturated carbocycles. The normalized spacial score (nSPS) is 34.2. The molecular formula is C13H19FN2O2. The number of carbonyl (C=O) groups excluding carboxylic acids is 2. The van der Waals surface area contributed by atoms with Crippen molar-refractivity contribution in [2.75, 3.05) is 26.7 Å². The van der Waals surface area contributed by atoms with Crippen LogP contribution in [-0.4, -0.2) is 54.0 Å². The van der Waals surface area contributed by atoms with Crippen molar-refractivity contribution in [3.63, 3.8) is 0 Å². The number of carbonyl (C=O) groups is 2. The average Bonchev–Trinajstić information content (AvgIpc) is 2.74. The number of halogens is 1. The van der Waals surface area contributed by atoms with Crippen LogP contribution in [0.15, 0.2) is 0 Å². The zero-order valence-electron chi connectivity index (χ0n) is 10.7. The van der Waals surface area contributed by atoms with E-state index in [0.29, 0.717) is 25.9 Å². The maximum Gasteiger partial charge on any atom is 0.260 e. The molecule has 2 saturated heterocycles. The summed E-state index contributed by atoms with van der Waals surface area (Å²) in [5, 5.41) is 0. The SMILES string of the molecule is CN1CCC2CN(C(=O)C3(F)CCC3)CC2C1=O. The third-order valence-electron chi connectivity index (χ3n) is 4.79. The van der Waals surface area contributed by atoms with E-state index in [1.807, 2.05) is 0 Å². The van der Waals surface area contributed by atoms with Gasteiger partial charge in [-0.15, -0.1) is 0 Å². The van der Waals surface area contributed by atoms with Crippen LogP contribution in [0.3, 0.4) is 0 Å². The molecule has 3 fully saturated rings. The van der Waals surface area contributed by atoms with Crippen molar-refractivity contribution < 1.29 is 14.0 Å². The molecule has 5 heteroatoms. The highest BCUT2D eigenvalue weighted by Gasteiger charge is 2.51. The van der Waals surface area contributed by atoms with Gasteiger partial charge < -0.3 is 9.80 Å². The monoisotopic (exact) mass is 254 g/mol. The molecule has 4 nitrogen and oxygen atoms in total. The molecular weight excluding hydrogens is 235 g/mol. The Balaban J connectivity index is 1.71. The van der Waals surface area contributed by atoms with Crippen molar-refractivity contribution in [3.05, 3.63) is 0 Å². The van der Waals surface area contributed by atoms with Crippen LogP contribution < -0.4 is 0 Å². The molecule has 2 atom stereocenters. The van der Waals surface area contributed by atoms with Gasteiger partial charge in [0.25, 0.3) is 5.91 Å². The number of amides is 2. The minimum atomic E-state index is -1.62. The first-order chi connectivity index (χ1) is 8.51. The van der Waals surface area contributed by atoms with Crippen LogP contribution in [0.4, 0.5) is 4.39 Å². The van der Waals surface area contributed by atoms with Gasteiger partial charge in [0.2, 0.25) is 5.91 Å². The lowest BCUT2D eigenvalue weighted by Crippen LogP contribution is -2.49. The number of alkyl halides is 1. The smallest absolute Gasteiger partial charge is 0.260 e. The molecule has 100 valence electrons. The van der Waals surface area contributed by atoms with Crippen LogP contribution in [-0.2, 0) is 9.59 Å². The highest BCUT2D eigenvalue weighted by Crippen LogP contribution is 2.40. The molecule has 2 unspecified atom stereocenters. The quantitative estimate of drug-likeness (QED) is 0.695. The minimum absolute atomic E-state index is 0.101. The number of piperidine rings is 1. The fraction of sp³-hybridized carbons (Fsp3) is 0.846. The number of nitrogens with zero attached hydrogens (tertiary/aromatic N) is 2. The van der Waals surface area contributed by atoms with Crippen LogP contribution in [0.2, 0.25) is 0 Å².